The van der Waals surface area contributed by atoms with Crippen LogP contribution in [0, 0.1) is 5.82 Å². The SMILES string of the molecule is CCOc1c(CC)cc([C@@](O)(CNC(=O)c2cnc3[nH]cnc3c2)C(F)(F)F)nc1-c1ccc(F)cc1. The molecule has 0 aliphatic carbocycles. The number of amides is 1. The van der Waals surface area contributed by atoms with Gasteiger partial charge in [-0.3, -0.25) is 4.79 Å². The molecule has 0 aliphatic heterocycles. The number of nitrogens with zero attached hydrogens (tertiary/aromatic N) is 3. The minimum Gasteiger partial charge on any atom is -0.491 e. The number of carbonyl (C=O) groups is 1. The number of imidazole rings is 1. The molecule has 12 heteroatoms. The zero-order chi connectivity index (χ0) is 26.8. The number of pyridine rings is 2. The number of rotatable bonds is 8. The Bertz CT molecular complexity index is 1420. The Morgan fingerprint density at radius 1 is 1.14 bits per heavy atom. The van der Waals surface area contributed by atoms with Gasteiger partial charge < -0.3 is 20.1 Å². The smallest absolute Gasteiger partial charge is 0.424 e. The molecule has 0 bridgehead atoms. The number of hydrogen-bond acceptors (Lipinski definition) is 6. The zero-order valence-electron chi connectivity index (χ0n) is 19.9. The number of fused-ring (bicyclic) bond motifs is 1. The summed E-state index contributed by atoms with van der Waals surface area (Å²) < 4.78 is 62.2. The topological polar surface area (TPSA) is 113 Å². The third-order valence-corrected chi connectivity index (χ3v) is 5.77. The van der Waals surface area contributed by atoms with Gasteiger partial charge in [0.2, 0.25) is 5.60 Å². The molecular weight excluding hydrogens is 494 g/mol. The monoisotopic (exact) mass is 517 g/mol. The van der Waals surface area contributed by atoms with Crippen LogP contribution in [0.25, 0.3) is 22.4 Å². The van der Waals surface area contributed by atoms with Crippen molar-refractivity contribution < 1.29 is 32.2 Å². The molecule has 0 unspecified atom stereocenters. The molecule has 37 heavy (non-hydrogen) atoms. The summed E-state index contributed by atoms with van der Waals surface area (Å²) in [6.07, 6.45) is -2.41. The van der Waals surface area contributed by atoms with Gasteiger partial charge >= 0.3 is 6.18 Å². The lowest BCUT2D eigenvalue weighted by Gasteiger charge is -2.31. The number of aliphatic hydroxyl groups is 1. The highest BCUT2D eigenvalue weighted by atomic mass is 19.4. The highest BCUT2D eigenvalue weighted by Gasteiger charge is 2.56. The van der Waals surface area contributed by atoms with Crippen molar-refractivity contribution in [2.75, 3.05) is 13.2 Å². The van der Waals surface area contributed by atoms with Crippen molar-refractivity contribution in [2.45, 2.75) is 32.0 Å². The first-order valence-corrected chi connectivity index (χ1v) is 11.4. The van der Waals surface area contributed by atoms with Crippen LogP contribution in [-0.4, -0.2) is 50.3 Å². The quantitative estimate of drug-likeness (QED) is 0.301. The first-order valence-electron chi connectivity index (χ1n) is 11.4. The van der Waals surface area contributed by atoms with Crippen LogP contribution < -0.4 is 10.1 Å². The van der Waals surface area contributed by atoms with Crippen LogP contribution in [0.1, 0.15) is 35.5 Å². The van der Waals surface area contributed by atoms with Gasteiger partial charge in [0.25, 0.3) is 5.91 Å². The largest absolute Gasteiger partial charge is 0.491 e. The van der Waals surface area contributed by atoms with E-state index in [1.54, 1.807) is 13.8 Å². The maximum atomic E-state index is 14.3. The number of nitrogens with one attached hydrogen (secondary N) is 2. The highest BCUT2D eigenvalue weighted by molar-refractivity contribution is 5.96. The van der Waals surface area contributed by atoms with E-state index in [-0.39, 0.29) is 30.0 Å². The second-order valence-electron chi connectivity index (χ2n) is 8.17. The summed E-state index contributed by atoms with van der Waals surface area (Å²) >= 11 is 0. The molecule has 4 rings (SSSR count). The van der Waals surface area contributed by atoms with E-state index in [1.807, 2.05) is 0 Å². The van der Waals surface area contributed by atoms with Crippen LogP contribution in [0.4, 0.5) is 17.6 Å². The fraction of sp³-hybridized carbons (Fsp3) is 0.280. The zero-order valence-corrected chi connectivity index (χ0v) is 19.9. The molecule has 1 aromatic carbocycles. The molecule has 0 aliphatic rings. The fourth-order valence-electron chi connectivity index (χ4n) is 3.77. The molecule has 1 atom stereocenters. The summed E-state index contributed by atoms with van der Waals surface area (Å²) in [5.74, 6) is -1.20. The molecule has 3 aromatic heterocycles. The van der Waals surface area contributed by atoms with Crippen LogP contribution in [0.5, 0.6) is 5.75 Å². The van der Waals surface area contributed by atoms with Gasteiger partial charge in [-0.1, -0.05) is 6.92 Å². The standard InChI is InChI=1S/C25H23F4N5O3/c1-3-14-10-19(34-20(21(14)37-4-2)15-5-7-17(26)8-6-15)24(36,25(27,28)29)12-31-23(35)16-9-18-22(30-11-16)33-13-32-18/h5-11,13,36H,3-4,12H2,1-2H3,(H,31,35)(H,30,32,33)/t24-/m0/s1. The second kappa shape index (κ2) is 10.1. The van der Waals surface area contributed by atoms with E-state index in [1.165, 1.54) is 30.7 Å². The minimum atomic E-state index is -5.21. The summed E-state index contributed by atoms with van der Waals surface area (Å²) in [4.78, 5) is 27.5. The lowest BCUT2D eigenvalue weighted by atomic mass is 9.94. The number of carbonyl (C=O) groups excluding carboxylic acids is 1. The van der Waals surface area contributed by atoms with Gasteiger partial charge in [0.1, 0.15) is 22.8 Å². The number of H-pyrrole nitrogens is 1. The van der Waals surface area contributed by atoms with Gasteiger partial charge in [0.05, 0.1) is 30.7 Å². The number of alkyl halides is 3. The Morgan fingerprint density at radius 2 is 1.86 bits per heavy atom. The van der Waals surface area contributed by atoms with Crippen molar-refractivity contribution in [3.05, 3.63) is 71.6 Å². The van der Waals surface area contributed by atoms with Gasteiger partial charge in [0.15, 0.2) is 5.65 Å². The van der Waals surface area contributed by atoms with Gasteiger partial charge in [-0.2, -0.15) is 13.2 Å². The average Bonchev–Trinajstić information content (AvgIpc) is 3.35. The van der Waals surface area contributed by atoms with E-state index in [0.717, 1.165) is 18.2 Å². The van der Waals surface area contributed by atoms with Gasteiger partial charge in [0, 0.05) is 11.8 Å². The van der Waals surface area contributed by atoms with E-state index < -0.39 is 35.7 Å². The molecule has 1 amide bonds. The van der Waals surface area contributed by atoms with Crippen molar-refractivity contribution in [2.24, 2.45) is 0 Å². The predicted octanol–water partition coefficient (Wildman–Crippen LogP) is 4.30. The number of aromatic amines is 1. The highest BCUT2D eigenvalue weighted by Crippen LogP contribution is 2.42. The van der Waals surface area contributed by atoms with Crippen molar-refractivity contribution in [3.8, 4) is 17.0 Å². The number of aromatic nitrogens is 4. The van der Waals surface area contributed by atoms with Crippen LogP contribution >= 0.6 is 0 Å². The van der Waals surface area contributed by atoms with Gasteiger partial charge in [-0.05, 0) is 55.3 Å². The Balaban J connectivity index is 1.75. The Labute approximate surface area is 208 Å². The molecule has 8 nitrogen and oxygen atoms in total. The maximum Gasteiger partial charge on any atom is 0.424 e. The third kappa shape index (κ3) is 5.10. The average molecular weight is 517 g/mol. The van der Waals surface area contributed by atoms with E-state index >= 15 is 0 Å². The molecule has 0 saturated heterocycles. The van der Waals surface area contributed by atoms with Crippen molar-refractivity contribution in [1.29, 1.82) is 0 Å². The predicted molar refractivity (Wildman–Crippen MR) is 126 cm³/mol. The molecule has 3 N–H and O–H groups in total. The van der Waals surface area contributed by atoms with Crippen LogP contribution in [-0.2, 0) is 12.0 Å². The molecule has 4 aromatic rings. The van der Waals surface area contributed by atoms with Crippen LogP contribution in [0.2, 0.25) is 0 Å². The summed E-state index contributed by atoms with van der Waals surface area (Å²) in [5.41, 5.74) is -2.90. The second-order valence-corrected chi connectivity index (χ2v) is 8.17. The fourth-order valence-corrected chi connectivity index (χ4v) is 3.77. The van der Waals surface area contributed by atoms with E-state index in [9.17, 15) is 27.5 Å². The van der Waals surface area contributed by atoms with E-state index in [4.69, 9.17) is 4.74 Å². The van der Waals surface area contributed by atoms with Crippen molar-refractivity contribution in [3.63, 3.8) is 0 Å². The molecule has 0 saturated carbocycles. The Hall–Kier alpha value is -4.06. The van der Waals surface area contributed by atoms with Crippen molar-refractivity contribution in [1.82, 2.24) is 25.3 Å². The van der Waals surface area contributed by atoms with E-state index in [0.29, 0.717) is 22.3 Å². The lowest BCUT2D eigenvalue weighted by Crippen LogP contribution is -2.51. The summed E-state index contributed by atoms with van der Waals surface area (Å²) in [7, 11) is 0. The number of benzene rings is 1. The molecular formula is C25H23F4N5O3. The number of ether oxygens (including phenoxy) is 1. The van der Waals surface area contributed by atoms with Crippen LogP contribution in [0.15, 0.2) is 48.9 Å². The van der Waals surface area contributed by atoms with Crippen molar-refractivity contribution >= 4 is 17.1 Å². The van der Waals surface area contributed by atoms with E-state index in [2.05, 4.69) is 25.3 Å². The first kappa shape index (κ1) is 26.0. The number of halogens is 4. The Morgan fingerprint density at radius 3 is 2.51 bits per heavy atom. The minimum absolute atomic E-state index is 0.0124. The molecule has 3 heterocycles. The van der Waals surface area contributed by atoms with Gasteiger partial charge in [-0.25, -0.2) is 19.3 Å². The molecule has 194 valence electrons. The number of hydrogen-bond donors (Lipinski definition) is 3. The number of aryl methyl sites for hydroxylation is 1. The maximum absolute atomic E-state index is 14.3. The summed E-state index contributed by atoms with van der Waals surface area (Å²) in [6, 6.07) is 7.47. The summed E-state index contributed by atoms with van der Waals surface area (Å²) in [6.45, 7) is 2.40. The molecule has 0 fully saturated rings. The third-order valence-electron chi connectivity index (χ3n) is 5.77. The molecule has 0 spiro atoms. The lowest BCUT2D eigenvalue weighted by molar-refractivity contribution is -0.265. The normalized spacial score (nSPS) is 13.4. The molecule has 0 radical (unpaired) electrons. The first-order chi connectivity index (χ1) is 17.6. The Kier molecular flexibility index (Phi) is 7.12. The van der Waals surface area contributed by atoms with Crippen LogP contribution in [0.3, 0.4) is 0 Å². The van der Waals surface area contributed by atoms with Gasteiger partial charge in [-0.15, -0.1) is 0 Å². The summed E-state index contributed by atoms with van der Waals surface area (Å²) in [5, 5.41) is 13.1.